The minimum Gasteiger partial charge on any atom is -0.493 e. The van der Waals surface area contributed by atoms with E-state index >= 15 is 0 Å². The van der Waals surface area contributed by atoms with Gasteiger partial charge >= 0.3 is 0 Å². The number of ether oxygens (including phenoxy) is 2. The zero-order valence-electron chi connectivity index (χ0n) is 11.6. The molecule has 0 saturated carbocycles. The van der Waals surface area contributed by atoms with E-state index in [0.717, 1.165) is 48.9 Å². The fourth-order valence-electron chi connectivity index (χ4n) is 2.52. The molecular weight excluding hydrogens is 254 g/mol. The van der Waals surface area contributed by atoms with Crippen molar-refractivity contribution in [1.29, 1.82) is 0 Å². The van der Waals surface area contributed by atoms with Crippen LogP contribution < -0.4 is 9.47 Å². The molecule has 0 aliphatic carbocycles. The molecule has 0 atom stereocenters. The van der Waals surface area contributed by atoms with Crippen molar-refractivity contribution in [3.05, 3.63) is 42.0 Å². The summed E-state index contributed by atoms with van der Waals surface area (Å²) < 4.78 is 11.2. The molecule has 0 saturated heterocycles. The molecule has 0 amide bonds. The van der Waals surface area contributed by atoms with Gasteiger partial charge in [-0.05, 0) is 12.5 Å². The second-order valence-corrected chi connectivity index (χ2v) is 4.90. The van der Waals surface area contributed by atoms with Gasteiger partial charge in [-0.1, -0.05) is 12.1 Å². The third-order valence-corrected chi connectivity index (χ3v) is 3.47. The third-order valence-electron chi connectivity index (χ3n) is 3.47. The Kier molecular flexibility index (Phi) is 3.87. The molecule has 3 rings (SSSR count). The summed E-state index contributed by atoms with van der Waals surface area (Å²) in [6.45, 7) is 3.37. The Morgan fingerprint density at radius 3 is 3.20 bits per heavy atom. The first-order valence-corrected chi connectivity index (χ1v) is 6.86. The highest BCUT2D eigenvalue weighted by Crippen LogP contribution is 2.33. The second-order valence-electron chi connectivity index (χ2n) is 4.90. The van der Waals surface area contributed by atoms with Crippen LogP contribution >= 0.6 is 0 Å². The average molecular weight is 273 g/mol. The Bertz CT molecular complexity index is 554. The number of benzene rings is 1. The van der Waals surface area contributed by atoms with Crippen LogP contribution in [0, 0.1) is 0 Å². The number of H-pyrrole nitrogens is 1. The smallest absolute Gasteiger partial charge is 0.165 e. The van der Waals surface area contributed by atoms with Crippen LogP contribution in [0.25, 0.3) is 0 Å². The van der Waals surface area contributed by atoms with Gasteiger partial charge in [0.2, 0.25) is 0 Å². The highest BCUT2D eigenvalue weighted by atomic mass is 16.5. The first-order valence-electron chi connectivity index (χ1n) is 6.86. The summed E-state index contributed by atoms with van der Waals surface area (Å²) in [6, 6.07) is 6.04. The molecule has 5 heteroatoms. The number of para-hydroxylation sites is 1. The number of hydrogen-bond acceptors (Lipinski definition) is 4. The molecule has 0 spiro atoms. The monoisotopic (exact) mass is 273 g/mol. The van der Waals surface area contributed by atoms with Crippen LogP contribution in [0.1, 0.15) is 17.8 Å². The molecule has 1 aliphatic rings. The number of nitrogens with zero attached hydrogens (tertiary/aromatic N) is 2. The molecule has 1 aliphatic heterocycles. The van der Waals surface area contributed by atoms with Crippen molar-refractivity contribution in [1.82, 2.24) is 14.9 Å². The SMILES string of the molecule is COc1cccc2c1OCCCN(Cc1ncc[nH]1)C2. The van der Waals surface area contributed by atoms with E-state index in [1.165, 1.54) is 0 Å². The fourth-order valence-corrected chi connectivity index (χ4v) is 2.52. The molecule has 0 fully saturated rings. The van der Waals surface area contributed by atoms with Gasteiger partial charge in [0.15, 0.2) is 11.5 Å². The molecule has 1 aromatic carbocycles. The van der Waals surface area contributed by atoms with Gasteiger partial charge in [-0.15, -0.1) is 0 Å². The van der Waals surface area contributed by atoms with E-state index < -0.39 is 0 Å². The van der Waals surface area contributed by atoms with Crippen molar-refractivity contribution in [2.45, 2.75) is 19.5 Å². The van der Waals surface area contributed by atoms with Crippen LogP contribution in [0.2, 0.25) is 0 Å². The van der Waals surface area contributed by atoms with Gasteiger partial charge < -0.3 is 14.5 Å². The van der Waals surface area contributed by atoms with Gasteiger partial charge in [0, 0.05) is 31.0 Å². The lowest BCUT2D eigenvalue weighted by atomic mass is 10.1. The van der Waals surface area contributed by atoms with Crippen LogP contribution in [-0.4, -0.2) is 35.1 Å². The standard InChI is InChI=1S/C15H19N3O2/c1-19-13-5-2-4-12-10-18(8-3-9-20-15(12)13)11-14-16-6-7-17-14/h2,4-7H,3,8-11H2,1H3,(H,16,17). The van der Waals surface area contributed by atoms with E-state index in [9.17, 15) is 0 Å². The van der Waals surface area contributed by atoms with E-state index in [2.05, 4.69) is 20.9 Å². The molecular formula is C15H19N3O2. The summed E-state index contributed by atoms with van der Waals surface area (Å²) in [5.74, 6) is 2.68. The minimum absolute atomic E-state index is 0.710. The Balaban J connectivity index is 1.82. The Hall–Kier alpha value is -2.01. The normalized spacial score (nSPS) is 15.8. The van der Waals surface area contributed by atoms with Crippen molar-refractivity contribution in [3.8, 4) is 11.5 Å². The van der Waals surface area contributed by atoms with Gasteiger partial charge in [0.05, 0.1) is 20.3 Å². The number of fused-ring (bicyclic) bond motifs is 1. The van der Waals surface area contributed by atoms with Crippen molar-refractivity contribution >= 4 is 0 Å². The van der Waals surface area contributed by atoms with Crippen molar-refractivity contribution in [2.75, 3.05) is 20.3 Å². The number of aromatic amines is 1. The first kappa shape index (κ1) is 13.0. The molecule has 2 aromatic rings. The lowest BCUT2D eigenvalue weighted by Gasteiger charge is -2.26. The zero-order valence-corrected chi connectivity index (χ0v) is 11.6. The summed E-state index contributed by atoms with van der Waals surface area (Å²) in [4.78, 5) is 9.83. The third kappa shape index (κ3) is 2.77. The molecule has 0 bridgehead atoms. The van der Waals surface area contributed by atoms with E-state index in [-0.39, 0.29) is 0 Å². The zero-order chi connectivity index (χ0) is 13.8. The Morgan fingerprint density at radius 1 is 1.45 bits per heavy atom. The number of nitrogens with one attached hydrogen (secondary N) is 1. The predicted octanol–water partition coefficient (Wildman–Crippen LogP) is 2.20. The summed E-state index contributed by atoms with van der Waals surface area (Å²) in [6.07, 6.45) is 4.65. The van der Waals surface area contributed by atoms with Crippen molar-refractivity contribution in [3.63, 3.8) is 0 Å². The summed E-state index contributed by atoms with van der Waals surface area (Å²) >= 11 is 0. The average Bonchev–Trinajstić information content (AvgIpc) is 2.94. The molecule has 20 heavy (non-hydrogen) atoms. The Labute approximate surface area is 118 Å². The molecule has 0 radical (unpaired) electrons. The summed E-state index contributed by atoms with van der Waals surface area (Å²) in [5, 5.41) is 0. The predicted molar refractivity (Wildman–Crippen MR) is 75.8 cm³/mol. The minimum atomic E-state index is 0.710. The highest BCUT2D eigenvalue weighted by Gasteiger charge is 2.17. The lowest BCUT2D eigenvalue weighted by molar-refractivity contribution is 0.192. The van der Waals surface area contributed by atoms with E-state index in [0.29, 0.717) is 6.61 Å². The maximum Gasteiger partial charge on any atom is 0.165 e. The second kappa shape index (κ2) is 5.96. The summed E-state index contributed by atoms with van der Waals surface area (Å²) in [7, 11) is 1.68. The number of aromatic nitrogens is 2. The quantitative estimate of drug-likeness (QED) is 0.931. The largest absolute Gasteiger partial charge is 0.493 e. The van der Waals surface area contributed by atoms with Gasteiger partial charge in [0.1, 0.15) is 5.82 Å². The van der Waals surface area contributed by atoms with Gasteiger partial charge in [0.25, 0.3) is 0 Å². The topological polar surface area (TPSA) is 50.4 Å². The van der Waals surface area contributed by atoms with E-state index in [1.54, 1.807) is 13.3 Å². The van der Waals surface area contributed by atoms with Gasteiger partial charge in [-0.3, -0.25) is 4.90 Å². The van der Waals surface area contributed by atoms with Gasteiger partial charge in [-0.25, -0.2) is 4.98 Å². The maximum absolute atomic E-state index is 5.86. The van der Waals surface area contributed by atoms with Crippen LogP contribution in [-0.2, 0) is 13.1 Å². The number of imidazole rings is 1. The molecule has 0 unspecified atom stereocenters. The van der Waals surface area contributed by atoms with Crippen LogP contribution in [0.15, 0.2) is 30.6 Å². The lowest BCUT2D eigenvalue weighted by Crippen LogP contribution is -2.28. The number of methoxy groups -OCH3 is 1. The summed E-state index contributed by atoms with van der Waals surface area (Å²) in [5.41, 5.74) is 1.16. The van der Waals surface area contributed by atoms with Crippen molar-refractivity contribution in [2.24, 2.45) is 0 Å². The molecule has 1 aromatic heterocycles. The van der Waals surface area contributed by atoms with E-state index in [4.69, 9.17) is 9.47 Å². The first-order chi connectivity index (χ1) is 9.86. The molecule has 1 N–H and O–H groups in total. The molecule has 106 valence electrons. The fraction of sp³-hybridized carbons (Fsp3) is 0.400. The van der Waals surface area contributed by atoms with Gasteiger partial charge in [-0.2, -0.15) is 0 Å². The van der Waals surface area contributed by atoms with Crippen molar-refractivity contribution < 1.29 is 9.47 Å². The van der Waals surface area contributed by atoms with Crippen LogP contribution in [0.5, 0.6) is 11.5 Å². The van der Waals surface area contributed by atoms with Crippen LogP contribution in [0.3, 0.4) is 0 Å². The number of hydrogen-bond donors (Lipinski definition) is 1. The molecule has 5 nitrogen and oxygen atoms in total. The Morgan fingerprint density at radius 2 is 2.40 bits per heavy atom. The molecule has 2 heterocycles. The van der Waals surface area contributed by atoms with Crippen LogP contribution in [0.4, 0.5) is 0 Å². The maximum atomic E-state index is 5.86. The number of rotatable bonds is 3. The highest BCUT2D eigenvalue weighted by molar-refractivity contribution is 5.46. The van der Waals surface area contributed by atoms with E-state index in [1.807, 2.05) is 18.3 Å².